The summed E-state index contributed by atoms with van der Waals surface area (Å²) in [4.78, 5) is 20.6. The minimum atomic E-state index is -0.664. The van der Waals surface area contributed by atoms with Crippen molar-refractivity contribution in [2.45, 2.75) is 194 Å². The van der Waals surface area contributed by atoms with Gasteiger partial charge in [0.25, 0.3) is 0 Å². The minimum absolute atomic E-state index is 0. The Morgan fingerprint density at radius 1 is 0.390 bits per heavy atom. The van der Waals surface area contributed by atoms with Crippen molar-refractivity contribution in [1.29, 1.82) is 0 Å². The van der Waals surface area contributed by atoms with Gasteiger partial charge in [0.2, 0.25) is 0 Å². The molecule has 41 heavy (non-hydrogen) atoms. The molecule has 0 unspecified atom stereocenters. The van der Waals surface area contributed by atoms with Gasteiger partial charge in [0.1, 0.15) is 0 Å². The molecule has 0 fully saturated rings. The molecular formula is C36H70O4S. The molecule has 4 nitrogen and oxygen atoms in total. The number of allylic oxidation sites excluding steroid dienone is 4. The third kappa shape index (κ3) is 48.8. The van der Waals surface area contributed by atoms with E-state index in [2.05, 4.69) is 38.2 Å². The molecule has 244 valence electrons. The molecule has 2 N–H and O–H groups in total. The van der Waals surface area contributed by atoms with Gasteiger partial charge in [-0.3, -0.25) is 9.59 Å². The predicted octanol–water partition coefficient (Wildman–Crippen LogP) is 12.3. The van der Waals surface area contributed by atoms with E-state index in [0.717, 1.165) is 25.7 Å². The number of hydrogen-bond acceptors (Lipinski definition) is 2. The van der Waals surface area contributed by atoms with Crippen LogP contribution in [0, 0.1) is 0 Å². The van der Waals surface area contributed by atoms with E-state index in [1.165, 1.54) is 141 Å². The van der Waals surface area contributed by atoms with E-state index in [1.54, 1.807) is 0 Å². The van der Waals surface area contributed by atoms with Gasteiger partial charge in [0.05, 0.1) is 0 Å². The molecule has 0 heterocycles. The monoisotopic (exact) mass is 598 g/mol. The molecule has 0 aromatic rings. The fourth-order valence-corrected chi connectivity index (χ4v) is 4.69. The summed E-state index contributed by atoms with van der Waals surface area (Å²) in [5, 5.41) is 17.0. The maximum absolute atomic E-state index is 10.3. The van der Waals surface area contributed by atoms with Crippen LogP contribution < -0.4 is 0 Å². The largest absolute Gasteiger partial charge is 0.481 e. The Hall–Kier alpha value is -1.23. The topological polar surface area (TPSA) is 74.6 Å². The summed E-state index contributed by atoms with van der Waals surface area (Å²) in [7, 11) is 0. The number of aliphatic carboxylic acids is 2. The Bertz CT molecular complexity index is 524. The fourth-order valence-electron chi connectivity index (χ4n) is 4.69. The van der Waals surface area contributed by atoms with Crippen molar-refractivity contribution in [2.75, 3.05) is 0 Å². The first kappa shape index (κ1) is 44.2. The molecule has 0 bridgehead atoms. The van der Waals surface area contributed by atoms with Crippen molar-refractivity contribution in [3.8, 4) is 0 Å². The molecule has 0 amide bonds. The van der Waals surface area contributed by atoms with Crippen LogP contribution in [0.5, 0.6) is 0 Å². The van der Waals surface area contributed by atoms with E-state index in [-0.39, 0.29) is 13.5 Å². The number of carbonyl (C=O) groups is 2. The predicted molar refractivity (Wildman–Crippen MR) is 185 cm³/mol. The summed E-state index contributed by atoms with van der Waals surface area (Å²) in [6.07, 6.45) is 42.5. The lowest BCUT2D eigenvalue weighted by Gasteiger charge is -1.99. The van der Waals surface area contributed by atoms with Crippen LogP contribution in [0.2, 0.25) is 0 Å². The molecule has 0 aliphatic heterocycles. The van der Waals surface area contributed by atoms with Gasteiger partial charge in [-0.1, -0.05) is 141 Å². The highest BCUT2D eigenvalue weighted by Crippen LogP contribution is 2.11. The summed E-state index contributed by atoms with van der Waals surface area (Å²) in [5.74, 6) is -1.33. The number of unbranched alkanes of at least 4 members (excludes halogenated alkanes) is 22. The van der Waals surface area contributed by atoms with Gasteiger partial charge >= 0.3 is 11.9 Å². The van der Waals surface area contributed by atoms with Crippen molar-refractivity contribution in [1.82, 2.24) is 0 Å². The van der Waals surface area contributed by atoms with E-state index < -0.39 is 11.9 Å². The van der Waals surface area contributed by atoms with Crippen LogP contribution in [-0.4, -0.2) is 22.2 Å². The fraction of sp³-hybridized carbons (Fsp3) is 0.833. The van der Waals surface area contributed by atoms with Gasteiger partial charge in [0, 0.05) is 12.8 Å². The first-order valence-electron chi connectivity index (χ1n) is 17.3. The first-order chi connectivity index (χ1) is 19.5. The average molecular weight is 599 g/mol. The zero-order valence-electron chi connectivity index (χ0n) is 27.3. The standard InChI is InChI=1S/2C18H34O2.H2S/c2*1-2-3-4-5-6-7-8-9-10-11-12-13-14-15-16-17-18(19)20;/h2*9-10H,2-8,11-17H2,1H3,(H,19,20);1H2/b2*10-9-;. The minimum Gasteiger partial charge on any atom is -0.481 e. The van der Waals surface area contributed by atoms with E-state index in [9.17, 15) is 9.59 Å². The van der Waals surface area contributed by atoms with Gasteiger partial charge in [-0.2, -0.15) is 13.5 Å². The quantitative estimate of drug-likeness (QED) is 0.0637. The Morgan fingerprint density at radius 2 is 0.610 bits per heavy atom. The zero-order chi connectivity index (χ0) is 29.8. The van der Waals surface area contributed by atoms with Crippen molar-refractivity contribution < 1.29 is 19.8 Å². The number of carboxylic acid groups (broad SMARTS) is 2. The molecule has 0 aromatic heterocycles. The molecule has 5 heteroatoms. The van der Waals surface area contributed by atoms with E-state index in [4.69, 9.17) is 10.2 Å². The van der Waals surface area contributed by atoms with Crippen LogP contribution in [0.15, 0.2) is 24.3 Å². The van der Waals surface area contributed by atoms with Crippen LogP contribution in [0.25, 0.3) is 0 Å². The van der Waals surface area contributed by atoms with Gasteiger partial charge in [-0.15, -0.1) is 0 Å². The molecule has 0 saturated heterocycles. The molecule has 0 aliphatic carbocycles. The van der Waals surface area contributed by atoms with Gasteiger partial charge in [0.15, 0.2) is 0 Å². The molecule has 0 aliphatic rings. The van der Waals surface area contributed by atoms with Gasteiger partial charge in [-0.25, -0.2) is 0 Å². The van der Waals surface area contributed by atoms with Crippen molar-refractivity contribution in [3.05, 3.63) is 24.3 Å². The van der Waals surface area contributed by atoms with Crippen LogP contribution in [0.3, 0.4) is 0 Å². The molecule has 0 spiro atoms. The van der Waals surface area contributed by atoms with E-state index >= 15 is 0 Å². The maximum atomic E-state index is 10.3. The Morgan fingerprint density at radius 3 is 0.854 bits per heavy atom. The third-order valence-electron chi connectivity index (χ3n) is 7.30. The highest BCUT2D eigenvalue weighted by atomic mass is 32.1. The van der Waals surface area contributed by atoms with Gasteiger partial charge in [-0.05, 0) is 64.2 Å². The van der Waals surface area contributed by atoms with E-state index in [0.29, 0.717) is 12.8 Å². The zero-order valence-corrected chi connectivity index (χ0v) is 28.3. The lowest BCUT2D eigenvalue weighted by atomic mass is 10.1. The second kappa shape index (κ2) is 40.9. The Balaban J connectivity index is -0.000000688. The molecule has 0 aromatic carbocycles. The van der Waals surface area contributed by atoms with Crippen LogP contribution in [-0.2, 0) is 9.59 Å². The summed E-state index contributed by atoms with van der Waals surface area (Å²) < 4.78 is 0. The number of carboxylic acids is 2. The maximum Gasteiger partial charge on any atom is 0.303 e. The Kier molecular flexibility index (Phi) is 44.1. The van der Waals surface area contributed by atoms with Crippen molar-refractivity contribution in [2.24, 2.45) is 0 Å². The lowest BCUT2D eigenvalue weighted by molar-refractivity contribution is -0.138. The summed E-state index contributed by atoms with van der Waals surface area (Å²) in [6, 6.07) is 0. The molecule has 0 atom stereocenters. The lowest BCUT2D eigenvalue weighted by Crippen LogP contribution is -1.93. The number of rotatable bonds is 30. The molecular weight excluding hydrogens is 528 g/mol. The highest BCUT2D eigenvalue weighted by molar-refractivity contribution is 7.59. The van der Waals surface area contributed by atoms with Crippen LogP contribution >= 0.6 is 13.5 Å². The van der Waals surface area contributed by atoms with Crippen molar-refractivity contribution >= 4 is 25.4 Å². The molecule has 0 saturated carbocycles. The second-order valence-electron chi connectivity index (χ2n) is 11.5. The summed E-state index contributed by atoms with van der Waals surface area (Å²) >= 11 is 0. The average Bonchev–Trinajstić information content (AvgIpc) is 2.93. The second-order valence-corrected chi connectivity index (χ2v) is 11.5. The molecule has 0 rings (SSSR count). The number of hydrogen-bond donors (Lipinski definition) is 2. The normalized spacial score (nSPS) is 11.0. The van der Waals surface area contributed by atoms with Crippen LogP contribution in [0.4, 0.5) is 0 Å². The van der Waals surface area contributed by atoms with Crippen molar-refractivity contribution in [3.63, 3.8) is 0 Å². The highest BCUT2D eigenvalue weighted by Gasteiger charge is 1.97. The Labute approximate surface area is 262 Å². The smallest absolute Gasteiger partial charge is 0.303 e. The SMILES string of the molecule is CCCCCCCC/C=C\CCCCCCCC(=O)O.CCCCCCCC/C=C\CCCCCCCC(=O)O.S. The summed E-state index contributed by atoms with van der Waals surface area (Å²) in [6.45, 7) is 4.52. The third-order valence-corrected chi connectivity index (χ3v) is 7.30. The van der Waals surface area contributed by atoms with E-state index in [1.807, 2.05) is 0 Å². The van der Waals surface area contributed by atoms with Crippen LogP contribution in [0.1, 0.15) is 194 Å². The summed E-state index contributed by atoms with van der Waals surface area (Å²) in [5.41, 5.74) is 0. The molecule has 0 radical (unpaired) electrons. The first-order valence-corrected chi connectivity index (χ1v) is 17.3. The van der Waals surface area contributed by atoms with Gasteiger partial charge < -0.3 is 10.2 Å².